The van der Waals surface area contributed by atoms with Crippen molar-refractivity contribution in [3.8, 4) is 50.2 Å². The van der Waals surface area contributed by atoms with E-state index < -0.39 is 0 Å². The molecule has 0 saturated carbocycles. The molecule has 0 N–H and O–H groups in total. The first-order valence-corrected chi connectivity index (χ1v) is 45.3. The van der Waals surface area contributed by atoms with Gasteiger partial charge in [-0.2, -0.15) is 0 Å². The van der Waals surface area contributed by atoms with Gasteiger partial charge in [-0.05, 0) is 223 Å². The van der Waals surface area contributed by atoms with Gasteiger partial charge in [0.15, 0.2) is 0 Å². The second-order valence-corrected chi connectivity index (χ2v) is 43.1. The highest BCUT2D eigenvalue weighted by atomic mass is 15.2. The molecule has 1 aromatic heterocycles. The van der Waals surface area contributed by atoms with Crippen molar-refractivity contribution in [2.24, 2.45) is 0 Å². The van der Waals surface area contributed by atoms with Crippen LogP contribution in [0.2, 0.25) is 0 Å². The highest BCUT2D eigenvalue weighted by molar-refractivity contribution is 7.03. The number of rotatable bonds is 9. The van der Waals surface area contributed by atoms with Crippen molar-refractivity contribution in [3.05, 3.63) is 354 Å². The molecule has 0 aliphatic carbocycles. The standard InChI is InChI=1S/C118H115B2N5/c1-112(2,3)78-48-56-85(57-49-78)121-100-66-82(116(13,14)15)52-60-94(100)119-97-72-96-102(73-103(97)125(111-90(76-40-30-24-31-41-76)46-35-47-91(111)77-42-32-25-33-43-77)107-71-87(70-106(121)109(107)119)123-98-62-54-80(114(7,8)9)64-92(98)93-65-81(115(10,11)12)55-63-99(93)123)122(86-58-50-79(51-59-86)113(4,5)6)104-68-84(118(19,20)21)69-105-108(104)120(96)95-61-53-83(117(16,17)18)67-101(95)124(105)110-88(74-36-26-22-27-37-74)44-34-45-89(110)75-38-28-23-29-39-75/h22-73H,1-21H3. The summed E-state index contributed by atoms with van der Waals surface area (Å²) in [4.78, 5) is 10.9. The molecule has 125 heavy (non-hydrogen) atoms. The van der Waals surface area contributed by atoms with E-state index in [1.165, 1.54) is 127 Å². The van der Waals surface area contributed by atoms with Gasteiger partial charge in [-0.3, -0.25) is 0 Å². The van der Waals surface area contributed by atoms with Crippen molar-refractivity contribution >= 4 is 136 Å². The van der Waals surface area contributed by atoms with Gasteiger partial charge in [-0.25, -0.2) is 0 Å². The lowest BCUT2D eigenvalue weighted by Gasteiger charge is -2.48. The molecule has 5 nitrogen and oxygen atoms in total. The van der Waals surface area contributed by atoms with E-state index in [2.05, 4.69) is 485 Å². The van der Waals surface area contributed by atoms with Crippen LogP contribution < -0.4 is 52.4 Å². The van der Waals surface area contributed by atoms with Gasteiger partial charge in [-0.15, -0.1) is 0 Å². The van der Waals surface area contributed by atoms with Gasteiger partial charge in [0, 0.05) is 89.9 Å². The molecule has 0 unspecified atom stereocenters. The lowest BCUT2D eigenvalue weighted by molar-refractivity contribution is 0.589. The van der Waals surface area contributed by atoms with Gasteiger partial charge in [-0.1, -0.05) is 370 Å². The lowest BCUT2D eigenvalue weighted by Crippen LogP contribution is -2.65. The van der Waals surface area contributed by atoms with Crippen molar-refractivity contribution in [1.82, 2.24) is 4.57 Å². The van der Waals surface area contributed by atoms with E-state index in [-0.39, 0.29) is 51.3 Å². The summed E-state index contributed by atoms with van der Waals surface area (Å²) in [5.41, 5.74) is 41.8. The van der Waals surface area contributed by atoms with Crippen LogP contribution in [0, 0.1) is 0 Å². The Balaban J connectivity index is 0.986. The van der Waals surface area contributed by atoms with Crippen LogP contribution in [0.25, 0.3) is 72.0 Å². The molecule has 7 heteroatoms. The Morgan fingerprint density at radius 3 is 0.808 bits per heavy atom. The highest BCUT2D eigenvalue weighted by Gasteiger charge is 2.51. The van der Waals surface area contributed by atoms with Gasteiger partial charge < -0.3 is 24.2 Å². The Hall–Kier alpha value is -12.6. The van der Waals surface area contributed by atoms with E-state index in [0.717, 1.165) is 84.6 Å². The summed E-state index contributed by atoms with van der Waals surface area (Å²) in [5, 5.41) is 2.50. The summed E-state index contributed by atoms with van der Waals surface area (Å²) in [6.45, 7) is 49.1. The van der Waals surface area contributed by atoms with Crippen molar-refractivity contribution < 1.29 is 0 Å². The summed E-state index contributed by atoms with van der Waals surface area (Å²) in [5.74, 6) is 0. The molecule has 15 aromatic carbocycles. The fraction of sp³-hybridized carbons (Fsp3) is 0.237. The zero-order valence-electron chi connectivity index (χ0n) is 76.9. The number of hydrogen-bond donors (Lipinski definition) is 0. The molecular weight excluding hydrogens is 1510 g/mol. The van der Waals surface area contributed by atoms with E-state index in [1.807, 2.05) is 0 Å². The Bertz CT molecular complexity index is 6800. The first kappa shape index (κ1) is 80.8. The van der Waals surface area contributed by atoms with Crippen LogP contribution in [0.3, 0.4) is 0 Å². The molecule has 4 aliphatic heterocycles. The summed E-state index contributed by atoms with van der Waals surface area (Å²) >= 11 is 0. The molecule has 0 saturated heterocycles. The molecule has 618 valence electrons. The number of para-hydroxylation sites is 2. The van der Waals surface area contributed by atoms with Gasteiger partial charge in [0.1, 0.15) is 0 Å². The predicted molar refractivity (Wildman–Crippen MR) is 541 cm³/mol. The van der Waals surface area contributed by atoms with Crippen LogP contribution in [0.1, 0.15) is 184 Å². The molecule has 0 amide bonds. The van der Waals surface area contributed by atoms with E-state index in [4.69, 9.17) is 0 Å². The van der Waals surface area contributed by atoms with Crippen LogP contribution in [-0.4, -0.2) is 18.0 Å². The molecule has 20 rings (SSSR count). The first-order chi connectivity index (χ1) is 59.4. The molecular formula is C118H115B2N5. The maximum absolute atomic E-state index is 2.78. The average molecular weight is 1620 g/mol. The van der Waals surface area contributed by atoms with Gasteiger partial charge in [0.2, 0.25) is 0 Å². The van der Waals surface area contributed by atoms with Crippen molar-refractivity contribution in [2.75, 3.05) is 19.6 Å². The number of aromatic nitrogens is 1. The summed E-state index contributed by atoms with van der Waals surface area (Å²) < 4.78 is 2.62. The minimum absolute atomic E-state index is 0.0878. The topological polar surface area (TPSA) is 17.9 Å². The number of benzene rings is 15. The maximum Gasteiger partial charge on any atom is 0.252 e. The quantitative estimate of drug-likeness (QED) is 0.134. The van der Waals surface area contributed by atoms with E-state index >= 15 is 0 Å². The molecule has 0 spiro atoms. The van der Waals surface area contributed by atoms with Crippen LogP contribution in [0.4, 0.5) is 68.2 Å². The molecule has 0 fully saturated rings. The molecule has 0 radical (unpaired) electrons. The molecule has 5 heterocycles. The minimum atomic E-state index is -0.311. The molecule has 0 atom stereocenters. The van der Waals surface area contributed by atoms with Gasteiger partial charge >= 0.3 is 0 Å². The second-order valence-electron chi connectivity index (χ2n) is 43.1. The van der Waals surface area contributed by atoms with Crippen LogP contribution in [0.15, 0.2) is 315 Å². The summed E-state index contributed by atoms with van der Waals surface area (Å²) in [7, 11) is 0. The third-order valence-electron chi connectivity index (χ3n) is 27.4. The smallest absolute Gasteiger partial charge is 0.252 e. The Morgan fingerprint density at radius 2 is 0.464 bits per heavy atom. The van der Waals surface area contributed by atoms with Crippen LogP contribution in [-0.2, 0) is 37.9 Å². The van der Waals surface area contributed by atoms with Gasteiger partial charge in [0.25, 0.3) is 13.4 Å². The van der Waals surface area contributed by atoms with E-state index in [1.54, 1.807) is 0 Å². The third-order valence-corrected chi connectivity index (χ3v) is 27.4. The SMILES string of the molecule is CC(C)(C)c1ccc(N2c3cc(C(C)(C)C)ccc3B3c4cc5c(cc4N(c4c(-c6ccccc6)cccc4-c4ccccc4)c4cc(-n6c7ccc(C(C)(C)C)cc7c7cc(C(C)(C)C)ccc76)cc2c43)N(c2ccc(C(C)(C)C)cc2)c2cc(C(C)(C)C)cc3c2B5c2ccc(C(C)(C)C)cc2N3c2c(-c3ccccc3)cccc2-c2ccccc2)cc1. The lowest BCUT2D eigenvalue weighted by atomic mass is 9.30. The second kappa shape index (κ2) is 29.0. The van der Waals surface area contributed by atoms with E-state index in [9.17, 15) is 0 Å². The summed E-state index contributed by atoms with van der Waals surface area (Å²) in [6, 6.07) is 124. The predicted octanol–water partition coefficient (Wildman–Crippen LogP) is 28.7. The largest absolute Gasteiger partial charge is 0.311 e. The van der Waals surface area contributed by atoms with Crippen molar-refractivity contribution in [2.45, 2.75) is 183 Å². The Kier molecular flexibility index (Phi) is 18.8. The Labute approximate surface area is 743 Å². The first-order valence-electron chi connectivity index (χ1n) is 45.3. The summed E-state index contributed by atoms with van der Waals surface area (Å²) in [6.07, 6.45) is 0. The normalized spacial score (nSPS) is 13.9. The number of nitrogens with zero attached hydrogens (tertiary/aromatic N) is 5. The maximum atomic E-state index is 2.78. The molecule has 16 aromatic rings. The minimum Gasteiger partial charge on any atom is -0.311 e. The Morgan fingerprint density at radius 1 is 0.192 bits per heavy atom. The zero-order valence-corrected chi connectivity index (χ0v) is 76.9. The fourth-order valence-electron chi connectivity index (χ4n) is 20.4. The number of hydrogen-bond acceptors (Lipinski definition) is 4. The van der Waals surface area contributed by atoms with Crippen LogP contribution in [0.5, 0.6) is 0 Å². The number of fused-ring (bicyclic) bond motifs is 11. The fourth-order valence-corrected chi connectivity index (χ4v) is 20.4. The zero-order chi connectivity index (χ0) is 87.3. The molecule has 0 bridgehead atoms. The molecule has 4 aliphatic rings. The van der Waals surface area contributed by atoms with E-state index in [0.29, 0.717) is 0 Å². The highest BCUT2D eigenvalue weighted by Crippen LogP contribution is 2.57. The third kappa shape index (κ3) is 13.6. The van der Waals surface area contributed by atoms with Gasteiger partial charge in [0.05, 0.1) is 28.1 Å². The average Bonchev–Trinajstić information content (AvgIpc) is 0.939. The number of anilines is 12. The van der Waals surface area contributed by atoms with Crippen LogP contribution >= 0.6 is 0 Å². The van der Waals surface area contributed by atoms with Crippen molar-refractivity contribution in [1.29, 1.82) is 0 Å². The van der Waals surface area contributed by atoms with Crippen molar-refractivity contribution in [3.63, 3.8) is 0 Å². The monoisotopic (exact) mass is 1620 g/mol.